The lowest BCUT2D eigenvalue weighted by molar-refractivity contribution is 0.173. The maximum atomic E-state index is 3.86. The first-order valence-electron chi connectivity index (χ1n) is 9.09. The van der Waals surface area contributed by atoms with Gasteiger partial charge in [0.1, 0.15) is 0 Å². The normalized spacial score (nSPS) is 31.9. The van der Waals surface area contributed by atoms with E-state index in [2.05, 4.69) is 31.0 Å². The minimum Gasteiger partial charge on any atom is -0.313 e. The number of likely N-dealkylation sites (tertiary alicyclic amines) is 1. The van der Waals surface area contributed by atoms with Crippen molar-refractivity contribution in [2.24, 2.45) is 11.3 Å². The van der Waals surface area contributed by atoms with Gasteiger partial charge in [0, 0.05) is 12.6 Å². The highest BCUT2D eigenvalue weighted by atomic mass is 15.1. The van der Waals surface area contributed by atoms with Gasteiger partial charge in [0.15, 0.2) is 0 Å². The van der Waals surface area contributed by atoms with E-state index in [4.69, 9.17) is 0 Å². The molecule has 1 aliphatic carbocycles. The van der Waals surface area contributed by atoms with Crippen LogP contribution in [0.25, 0.3) is 0 Å². The molecule has 2 heteroatoms. The van der Waals surface area contributed by atoms with Crippen LogP contribution < -0.4 is 5.32 Å². The van der Waals surface area contributed by atoms with Crippen molar-refractivity contribution in [1.29, 1.82) is 0 Å². The fourth-order valence-corrected chi connectivity index (χ4v) is 4.28. The summed E-state index contributed by atoms with van der Waals surface area (Å²) in [5.74, 6) is 0.871. The maximum Gasteiger partial charge on any atom is 0.0159 e. The fourth-order valence-electron chi connectivity index (χ4n) is 4.28. The van der Waals surface area contributed by atoms with Gasteiger partial charge in [0.25, 0.3) is 0 Å². The van der Waals surface area contributed by atoms with Crippen LogP contribution in [0.2, 0.25) is 0 Å². The lowest BCUT2D eigenvalue weighted by Gasteiger charge is -2.35. The van der Waals surface area contributed by atoms with Crippen molar-refractivity contribution in [3.05, 3.63) is 0 Å². The van der Waals surface area contributed by atoms with Gasteiger partial charge in [-0.1, -0.05) is 40.0 Å². The first-order valence-corrected chi connectivity index (χ1v) is 9.09. The van der Waals surface area contributed by atoms with Crippen LogP contribution in [0.1, 0.15) is 72.1 Å². The van der Waals surface area contributed by atoms with E-state index in [0.717, 1.165) is 12.0 Å². The molecule has 0 aromatic rings. The summed E-state index contributed by atoms with van der Waals surface area (Å²) < 4.78 is 0. The van der Waals surface area contributed by atoms with E-state index < -0.39 is 0 Å². The van der Waals surface area contributed by atoms with E-state index in [1.54, 1.807) is 0 Å². The van der Waals surface area contributed by atoms with Crippen LogP contribution in [-0.4, -0.2) is 37.1 Å². The SMILES string of the molecule is CCCNC1C(CN2CCCCCCC2)CCC1(C)C. The Kier molecular flexibility index (Phi) is 6.35. The molecule has 0 radical (unpaired) electrons. The molecular formula is C18H36N2. The molecule has 1 saturated carbocycles. The molecule has 2 atom stereocenters. The smallest absolute Gasteiger partial charge is 0.0159 e. The van der Waals surface area contributed by atoms with Gasteiger partial charge in [-0.3, -0.25) is 0 Å². The second kappa shape index (κ2) is 7.79. The Bertz CT molecular complexity index is 267. The molecule has 2 aliphatic rings. The highest BCUT2D eigenvalue weighted by Gasteiger charge is 2.41. The second-order valence-electron chi connectivity index (χ2n) is 7.79. The lowest BCUT2D eigenvalue weighted by Crippen LogP contribution is -2.46. The summed E-state index contributed by atoms with van der Waals surface area (Å²) in [6, 6.07) is 0.730. The molecule has 2 fully saturated rings. The molecule has 1 saturated heterocycles. The van der Waals surface area contributed by atoms with Crippen LogP contribution in [0, 0.1) is 11.3 Å². The summed E-state index contributed by atoms with van der Waals surface area (Å²) in [7, 11) is 0. The summed E-state index contributed by atoms with van der Waals surface area (Å²) in [6.45, 7) is 12.4. The monoisotopic (exact) mass is 280 g/mol. The van der Waals surface area contributed by atoms with Gasteiger partial charge in [-0.05, 0) is 63.1 Å². The average Bonchev–Trinajstić information content (AvgIpc) is 2.65. The molecule has 2 unspecified atom stereocenters. The highest BCUT2D eigenvalue weighted by molar-refractivity contribution is 4.97. The Labute approximate surface area is 126 Å². The molecule has 1 N–H and O–H groups in total. The van der Waals surface area contributed by atoms with Crippen molar-refractivity contribution in [2.45, 2.75) is 78.2 Å². The van der Waals surface area contributed by atoms with E-state index in [9.17, 15) is 0 Å². The van der Waals surface area contributed by atoms with Gasteiger partial charge in [-0.25, -0.2) is 0 Å². The van der Waals surface area contributed by atoms with E-state index >= 15 is 0 Å². The minimum atomic E-state index is 0.489. The molecule has 0 aromatic carbocycles. The van der Waals surface area contributed by atoms with Crippen molar-refractivity contribution < 1.29 is 0 Å². The number of hydrogen-bond donors (Lipinski definition) is 1. The molecule has 0 spiro atoms. The van der Waals surface area contributed by atoms with Crippen LogP contribution >= 0.6 is 0 Å². The first kappa shape index (κ1) is 16.3. The van der Waals surface area contributed by atoms with E-state index in [-0.39, 0.29) is 0 Å². The van der Waals surface area contributed by atoms with E-state index in [1.807, 2.05) is 0 Å². The van der Waals surface area contributed by atoms with Gasteiger partial charge in [-0.2, -0.15) is 0 Å². The quantitative estimate of drug-likeness (QED) is 0.817. The first-order chi connectivity index (χ1) is 9.63. The largest absolute Gasteiger partial charge is 0.313 e. The number of nitrogens with one attached hydrogen (secondary N) is 1. The summed E-state index contributed by atoms with van der Waals surface area (Å²) in [4.78, 5) is 2.77. The summed E-state index contributed by atoms with van der Waals surface area (Å²) in [5.41, 5.74) is 0.489. The second-order valence-corrected chi connectivity index (χ2v) is 7.79. The van der Waals surface area contributed by atoms with Crippen molar-refractivity contribution in [2.75, 3.05) is 26.2 Å². The Morgan fingerprint density at radius 2 is 1.70 bits per heavy atom. The van der Waals surface area contributed by atoms with Gasteiger partial charge in [-0.15, -0.1) is 0 Å². The summed E-state index contributed by atoms with van der Waals surface area (Å²) in [6.07, 6.45) is 11.3. The lowest BCUT2D eigenvalue weighted by atomic mass is 9.84. The van der Waals surface area contributed by atoms with E-state index in [0.29, 0.717) is 5.41 Å². The fraction of sp³-hybridized carbons (Fsp3) is 1.00. The van der Waals surface area contributed by atoms with Crippen molar-refractivity contribution in [3.63, 3.8) is 0 Å². The van der Waals surface area contributed by atoms with Crippen LogP contribution in [0.5, 0.6) is 0 Å². The predicted molar refractivity (Wildman–Crippen MR) is 88.1 cm³/mol. The van der Waals surface area contributed by atoms with Gasteiger partial charge in [0.2, 0.25) is 0 Å². The minimum absolute atomic E-state index is 0.489. The van der Waals surface area contributed by atoms with Crippen molar-refractivity contribution >= 4 is 0 Å². The highest BCUT2D eigenvalue weighted by Crippen LogP contribution is 2.41. The topological polar surface area (TPSA) is 15.3 Å². The third-order valence-corrected chi connectivity index (χ3v) is 5.53. The molecular weight excluding hydrogens is 244 g/mol. The average molecular weight is 280 g/mol. The summed E-state index contributed by atoms with van der Waals surface area (Å²) in [5, 5.41) is 3.86. The molecule has 2 rings (SSSR count). The van der Waals surface area contributed by atoms with Gasteiger partial charge < -0.3 is 10.2 Å². The molecule has 118 valence electrons. The molecule has 1 heterocycles. The third-order valence-electron chi connectivity index (χ3n) is 5.53. The molecule has 2 nitrogen and oxygen atoms in total. The number of nitrogens with zero attached hydrogens (tertiary/aromatic N) is 1. The molecule has 0 aromatic heterocycles. The standard InChI is InChI=1S/C18H36N2/c1-4-12-19-17-16(10-11-18(17,2)3)15-20-13-8-6-5-7-9-14-20/h16-17,19H,4-15H2,1-3H3. The van der Waals surface area contributed by atoms with Gasteiger partial charge >= 0.3 is 0 Å². The van der Waals surface area contributed by atoms with Crippen molar-refractivity contribution in [1.82, 2.24) is 10.2 Å². The van der Waals surface area contributed by atoms with Crippen LogP contribution in [0.3, 0.4) is 0 Å². The zero-order valence-electron chi connectivity index (χ0n) is 14.1. The zero-order chi connectivity index (χ0) is 14.4. The van der Waals surface area contributed by atoms with Crippen LogP contribution in [-0.2, 0) is 0 Å². The Morgan fingerprint density at radius 1 is 1.05 bits per heavy atom. The number of hydrogen-bond acceptors (Lipinski definition) is 2. The van der Waals surface area contributed by atoms with Crippen LogP contribution in [0.15, 0.2) is 0 Å². The summed E-state index contributed by atoms with van der Waals surface area (Å²) >= 11 is 0. The maximum absolute atomic E-state index is 3.86. The Hall–Kier alpha value is -0.0800. The third kappa shape index (κ3) is 4.46. The molecule has 0 bridgehead atoms. The Morgan fingerprint density at radius 3 is 2.35 bits per heavy atom. The Balaban J connectivity index is 1.88. The van der Waals surface area contributed by atoms with Crippen LogP contribution in [0.4, 0.5) is 0 Å². The zero-order valence-corrected chi connectivity index (χ0v) is 14.1. The van der Waals surface area contributed by atoms with E-state index in [1.165, 1.54) is 77.5 Å². The molecule has 0 amide bonds. The van der Waals surface area contributed by atoms with Gasteiger partial charge in [0.05, 0.1) is 0 Å². The molecule has 20 heavy (non-hydrogen) atoms. The molecule has 1 aliphatic heterocycles. The number of rotatable bonds is 5. The van der Waals surface area contributed by atoms with Crippen molar-refractivity contribution in [3.8, 4) is 0 Å². The predicted octanol–water partition coefficient (Wildman–Crippen LogP) is 4.06.